The molecule has 1 aromatic rings. The fourth-order valence-electron chi connectivity index (χ4n) is 4.74. The molecule has 1 heterocycles. The Bertz CT molecular complexity index is 1390. The first-order valence-corrected chi connectivity index (χ1v) is 17.9. The van der Waals surface area contributed by atoms with Crippen LogP contribution in [-0.4, -0.2) is 124 Å². The molecular weight excluding hydrogens is 708 g/mol. The summed E-state index contributed by atoms with van der Waals surface area (Å²) in [6, 6.07) is 4.05. The number of imide groups is 1. The molecule has 0 aliphatic carbocycles. The number of urea groups is 1. The van der Waals surface area contributed by atoms with Crippen molar-refractivity contribution < 1.29 is 57.2 Å². The van der Waals surface area contributed by atoms with E-state index in [9.17, 15) is 33.6 Å². The number of hydrogen-bond donors (Lipinski definition) is 5. The van der Waals surface area contributed by atoms with Gasteiger partial charge in [-0.1, -0.05) is 32.9 Å². The molecule has 0 bridgehead atoms. The van der Waals surface area contributed by atoms with Crippen LogP contribution in [0.25, 0.3) is 0 Å². The van der Waals surface area contributed by atoms with Gasteiger partial charge < -0.3 is 50.7 Å². The summed E-state index contributed by atoms with van der Waals surface area (Å²) in [5.41, 5.74) is 6.33. The second-order valence-electron chi connectivity index (χ2n) is 12.3. The maximum Gasteiger partial charge on any atom is 0.312 e. The van der Waals surface area contributed by atoms with Gasteiger partial charge in [-0.15, -0.1) is 0 Å². The van der Waals surface area contributed by atoms with Gasteiger partial charge in [0, 0.05) is 37.2 Å². The number of primary amides is 1. The fourth-order valence-corrected chi connectivity index (χ4v) is 4.74. The van der Waals surface area contributed by atoms with Gasteiger partial charge in [0.1, 0.15) is 18.7 Å². The molecule has 0 fully saturated rings. The van der Waals surface area contributed by atoms with Gasteiger partial charge in [-0.25, -0.2) is 4.79 Å². The first-order chi connectivity index (χ1) is 25.9. The van der Waals surface area contributed by atoms with Crippen LogP contribution in [0.15, 0.2) is 36.4 Å². The summed E-state index contributed by atoms with van der Waals surface area (Å²) >= 11 is 0. The molecule has 300 valence electrons. The lowest BCUT2D eigenvalue weighted by molar-refractivity contribution is -0.144. The zero-order valence-electron chi connectivity index (χ0n) is 31.2. The topological polar surface area (TPSA) is 243 Å². The highest BCUT2D eigenvalue weighted by atomic mass is 16.6. The van der Waals surface area contributed by atoms with Crippen molar-refractivity contribution in [2.45, 2.75) is 65.1 Å². The third-order valence-corrected chi connectivity index (χ3v) is 7.73. The Kier molecular flexibility index (Phi) is 21.8. The van der Waals surface area contributed by atoms with Gasteiger partial charge in [-0.05, 0) is 36.5 Å². The second kappa shape index (κ2) is 26.0. The number of benzene rings is 1. The number of esters is 1. The maximum absolute atomic E-state index is 13.4. The molecule has 2 atom stereocenters. The van der Waals surface area contributed by atoms with Crippen molar-refractivity contribution >= 4 is 47.2 Å². The second-order valence-corrected chi connectivity index (χ2v) is 12.3. The quantitative estimate of drug-likeness (QED) is 0.0446. The van der Waals surface area contributed by atoms with Crippen LogP contribution in [0.3, 0.4) is 0 Å². The van der Waals surface area contributed by atoms with E-state index in [0.717, 1.165) is 10.5 Å². The predicted molar refractivity (Wildman–Crippen MR) is 194 cm³/mol. The van der Waals surface area contributed by atoms with Crippen molar-refractivity contribution in [2.24, 2.45) is 11.7 Å². The lowest BCUT2D eigenvalue weighted by Crippen LogP contribution is -2.54. The predicted octanol–water partition coefficient (Wildman–Crippen LogP) is 0.534. The zero-order valence-corrected chi connectivity index (χ0v) is 31.2. The number of hydrogen-bond acceptors (Lipinski definition) is 12. The molecule has 2 rings (SSSR count). The number of ether oxygens (including phenoxy) is 5. The molecule has 7 amide bonds. The molecule has 1 aliphatic rings. The average molecular weight is 763 g/mol. The lowest BCUT2D eigenvalue weighted by Gasteiger charge is -2.25. The van der Waals surface area contributed by atoms with Crippen LogP contribution in [0, 0.1) is 5.92 Å². The fraction of sp³-hybridized carbons (Fsp3) is 0.583. The number of nitrogens with zero attached hydrogens (tertiary/aromatic N) is 1. The smallest absolute Gasteiger partial charge is 0.312 e. The molecule has 0 saturated carbocycles. The molecule has 0 aromatic heterocycles. The minimum absolute atomic E-state index is 0.00740. The van der Waals surface area contributed by atoms with E-state index in [1.54, 1.807) is 45.0 Å². The molecular formula is C36H54N6O12. The summed E-state index contributed by atoms with van der Waals surface area (Å²) in [6.07, 6.45) is 3.20. The standard InChI is InChI=1S/C36H54N6O12/c1-4-32(46)54-24-26-7-9-27(10-8-26)39-34(47)28(6-5-14-38-36(37)49)40-35(48)33(25(2)3)41-29(43)13-16-50-18-20-52-22-23-53-21-19-51-17-15-42-30(44)11-12-31(42)45/h7-12,25,28,33H,4-6,13-24H2,1-3H3,(H,39,47)(H,40,48)(H,41,43)(H3,37,38,49)/t28?,33-/m0/s1. The van der Waals surface area contributed by atoms with E-state index >= 15 is 0 Å². The van der Waals surface area contributed by atoms with E-state index in [1.807, 2.05) is 0 Å². The molecule has 0 saturated heterocycles. The van der Waals surface area contributed by atoms with Gasteiger partial charge in [0.05, 0.1) is 59.4 Å². The largest absolute Gasteiger partial charge is 0.461 e. The highest BCUT2D eigenvalue weighted by molar-refractivity contribution is 6.12. The summed E-state index contributed by atoms with van der Waals surface area (Å²) in [5, 5.41) is 10.7. The monoisotopic (exact) mass is 762 g/mol. The maximum atomic E-state index is 13.4. The van der Waals surface area contributed by atoms with Crippen molar-refractivity contribution in [3.8, 4) is 0 Å². The summed E-state index contributed by atoms with van der Waals surface area (Å²) in [5.74, 6) is -2.79. The van der Waals surface area contributed by atoms with Crippen molar-refractivity contribution in [1.29, 1.82) is 0 Å². The summed E-state index contributed by atoms with van der Waals surface area (Å²) < 4.78 is 26.8. The third kappa shape index (κ3) is 18.7. The van der Waals surface area contributed by atoms with Gasteiger partial charge in [-0.3, -0.25) is 33.7 Å². The van der Waals surface area contributed by atoms with Crippen LogP contribution in [-0.2, 0) is 59.1 Å². The van der Waals surface area contributed by atoms with Gasteiger partial charge >= 0.3 is 12.0 Å². The van der Waals surface area contributed by atoms with Crippen LogP contribution >= 0.6 is 0 Å². The molecule has 0 spiro atoms. The number of rotatable bonds is 28. The Hall–Kier alpha value is -4.91. The SMILES string of the molecule is CCC(=O)OCc1ccc(NC(=O)C(CCCNC(N)=O)NC(=O)[C@@H](NC(=O)CCOCCOCCOCCOCCN2C(=O)C=CC2=O)C(C)C)cc1. The lowest BCUT2D eigenvalue weighted by atomic mass is 10.0. The molecule has 54 heavy (non-hydrogen) atoms. The van der Waals surface area contributed by atoms with Crippen molar-refractivity contribution in [1.82, 2.24) is 20.9 Å². The van der Waals surface area contributed by atoms with E-state index in [1.165, 1.54) is 12.2 Å². The van der Waals surface area contributed by atoms with Gasteiger partial charge in [0.2, 0.25) is 17.7 Å². The van der Waals surface area contributed by atoms with Crippen molar-refractivity contribution in [3.63, 3.8) is 0 Å². The summed E-state index contributed by atoms with van der Waals surface area (Å²) in [6.45, 7) is 7.81. The van der Waals surface area contributed by atoms with E-state index in [0.29, 0.717) is 38.5 Å². The van der Waals surface area contributed by atoms with E-state index in [-0.39, 0.29) is 89.1 Å². The molecule has 18 nitrogen and oxygen atoms in total. The van der Waals surface area contributed by atoms with E-state index < -0.39 is 35.8 Å². The molecule has 6 N–H and O–H groups in total. The molecule has 0 radical (unpaired) electrons. The van der Waals surface area contributed by atoms with Gasteiger partial charge in [0.25, 0.3) is 11.8 Å². The number of nitrogens with two attached hydrogens (primary N) is 1. The minimum atomic E-state index is -0.999. The van der Waals surface area contributed by atoms with Crippen LogP contribution < -0.4 is 27.0 Å². The van der Waals surface area contributed by atoms with E-state index in [4.69, 9.17) is 29.4 Å². The summed E-state index contributed by atoms with van der Waals surface area (Å²) in [4.78, 5) is 85.9. The molecule has 1 aromatic carbocycles. The average Bonchev–Trinajstić information content (AvgIpc) is 3.46. The van der Waals surface area contributed by atoms with Crippen LogP contribution in [0.4, 0.5) is 10.5 Å². The van der Waals surface area contributed by atoms with Crippen molar-refractivity contribution in [3.05, 3.63) is 42.0 Å². The normalized spacial score (nSPS) is 13.4. The van der Waals surface area contributed by atoms with Gasteiger partial charge in [0.15, 0.2) is 0 Å². The molecule has 1 aliphatic heterocycles. The summed E-state index contributed by atoms with van der Waals surface area (Å²) in [7, 11) is 0. The number of amides is 7. The first kappa shape index (κ1) is 45.2. The Balaban J connectivity index is 1.69. The highest BCUT2D eigenvalue weighted by Gasteiger charge is 2.29. The van der Waals surface area contributed by atoms with Crippen LogP contribution in [0.2, 0.25) is 0 Å². The number of carbonyl (C=O) groups is 7. The van der Waals surface area contributed by atoms with Crippen LogP contribution in [0.5, 0.6) is 0 Å². The Morgan fingerprint density at radius 1 is 0.778 bits per heavy atom. The number of anilines is 1. The Morgan fingerprint density at radius 3 is 1.91 bits per heavy atom. The number of nitrogens with one attached hydrogen (secondary N) is 4. The highest BCUT2D eigenvalue weighted by Crippen LogP contribution is 2.13. The molecule has 18 heteroatoms. The third-order valence-electron chi connectivity index (χ3n) is 7.73. The number of carbonyl (C=O) groups excluding carboxylic acids is 7. The van der Waals surface area contributed by atoms with E-state index in [2.05, 4.69) is 21.3 Å². The van der Waals surface area contributed by atoms with Gasteiger partial charge in [-0.2, -0.15) is 0 Å². The van der Waals surface area contributed by atoms with Crippen LogP contribution in [0.1, 0.15) is 52.0 Å². The Labute approximate surface area is 315 Å². The first-order valence-electron chi connectivity index (χ1n) is 17.9. The van der Waals surface area contributed by atoms with Crippen molar-refractivity contribution in [2.75, 3.05) is 71.3 Å². The molecule has 1 unspecified atom stereocenters. The minimum Gasteiger partial charge on any atom is -0.461 e. The zero-order chi connectivity index (χ0) is 39.7. The Morgan fingerprint density at radius 2 is 1.35 bits per heavy atom.